The van der Waals surface area contributed by atoms with Gasteiger partial charge in [0, 0.05) is 12.1 Å². The summed E-state index contributed by atoms with van der Waals surface area (Å²) in [5.74, 6) is -1.20. The van der Waals surface area contributed by atoms with Gasteiger partial charge in [-0.1, -0.05) is 30.3 Å². The molecule has 2 aromatic carbocycles. The van der Waals surface area contributed by atoms with Crippen molar-refractivity contribution >= 4 is 11.0 Å². The summed E-state index contributed by atoms with van der Waals surface area (Å²) in [6.45, 7) is 5.06. The molecule has 1 aromatic heterocycles. The number of aliphatic hydroxyl groups is 1. The molecular formula is C22H22F3NO4. The molecule has 0 saturated carbocycles. The molecule has 0 spiro atoms. The molecule has 0 radical (unpaired) electrons. The van der Waals surface area contributed by atoms with E-state index >= 15 is 0 Å². The van der Waals surface area contributed by atoms with Crippen molar-refractivity contribution in [1.29, 1.82) is 0 Å². The Balaban J connectivity index is 2.06. The highest BCUT2D eigenvalue weighted by Crippen LogP contribution is 2.37. The average molecular weight is 421 g/mol. The molecule has 160 valence electrons. The number of benzene rings is 2. The molecule has 5 nitrogen and oxygen atoms in total. The molecule has 1 atom stereocenters. The Morgan fingerprint density at radius 1 is 1.13 bits per heavy atom. The van der Waals surface area contributed by atoms with Crippen molar-refractivity contribution in [1.82, 2.24) is 5.32 Å². The number of ether oxygens (including phenoxy) is 1. The first-order valence-corrected chi connectivity index (χ1v) is 9.34. The average Bonchev–Trinajstić information content (AvgIpc) is 2.65. The van der Waals surface area contributed by atoms with Gasteiger partial charge in [-0.3, -0.25) is 10.1 Å². The maximum atomic E-state index is 13.7. The minimum absolute atomic E-state index is 0.00117. The highest BCUT2D eigenvalue weighted by Gasteiger charge is 2.39. The van der Waals surface area contributed by atoms with Crippen LogP contribution in [0.2, 0.25) is 0 Å². The summed E-state index contributed by atoms with van der Waals surface area (Å²) in [4.78, 5) is 12.9. The number of hydrogen-bond acceptors (Lipinski definition) is 5. The van der Waals surface area contributed by atoms with Gasteiger partial charge in [0.2, 0.25) is 11.2 Å². The summed E-state index contributed by atoms with van der Waals surface area (Å²) in [6.07, 6.45) is -4.86. The largest absolute Gasteiger partial charge is 0.489 e. The molecule has 0 saturated heterocycles. The van der Waals surface area contributed by atoms with Crippen LogP contribution >= 0.6 is 0 Å². The van der Waals surface area contributed by atoms with Crippen molar-refractivity contribution in [2.45, 2.75) is 38.7 Å². The summed E-state index contributed by atoms with van der Waals surface area (Å²) in [5.41, 5.74) is -2.79. The summed E-state index contributed by atoms with van der Waals surface area (Å²) >= 11 is 0. The number of halogens is 3. The third-order valence-electron chi connectivity index (χ3n) is 4.30. The van der Waals surface area contributed by atoms with Gasteiger partial charge in [-0.25, -0.2) is 0 Å². The van der Waals surface area contributed by atoms with Crippen molar-refractivity contribution < 1.29 is 27.4 Å². The molecule has 30 heavy (non-hydrogen) atoms. The van der Waals surface area contributed by atoms with Crippen LogP contribution < -0.4 is 15.5 Å². The Labute approximate surface area is 171 Å². The predicted molar refractivity (Wildman–Crippen MR) is 107 cm³/mol. The van der Waals surface area contributed by atoms with Crippen molar-refractivity contribution in [3.05, 3.63) is 64.5 Å². The van der Waals surface area contributed by atoms with Crippen molar-refractivity contribution in [2.24, 2.45) is 0 Å². The lowest BCUT2D eigenvalue weighted by atomic mass is 10.0. The zero-order valence-corrected chi connectivity index (χ0v) is 16.7. The molecule has 8 heteroatoms. The molecule has 0 aliphatic rings. The van der Waals surface area contributed by atoms with E-state index in [1.165, 1.54) is 37.3 Å². The molecule has 1 unspecified atom stereocenters. The fourth-order valence-corrected chi connectivity index (χ4v) is 3.22. The van der Waals surface area contributed by atoms with Gasteiger partial charge in [0.15, 0.2) is 0 Å². The van der Waals surface area contributed by atoms with E-state index < -0.39 is 28.7 Å². The second kappa shape index (κ2) is 8.12. The Bertz CT molecular complexity index is 1090. The fourth-order valence-electron chi connectivity index (χ4n) is 3.22. The molecule has 0 fully saturated rings. The van der Waals surface area contributed by atoms with Gasteiger partial charge in [0.05, 0.1) is 10.9 Å². The van der Waals surface area contributed by atoms with Crippen LogP contribution in [-0.2, 0) is 6.18 Å². The third kappa shape index (κ3) is 4.83. The number of hydrogen-bond donors (Lipinski definition) is 2. The lowest BCUT2D eigenvalue weighted by molar-refractivity contribution is -0.152. The van der Waals surface area contributed by atoms with Gasteiger partial charge in [0.1, 0.15) is 23.7 Å². The van der Waals surface area contributed by atoms with E-state index in [2.05, 4.69) is 5.32 Å². The minimum atomic E-state index is -4.86. The quantitative estimate of drug-likeness (QED) is 0.571. The number of fused-ring (bicyclic) bond motifs is 1. The maximum absolute atomic E-state index is 13.7. The number of alkyl halides is 3. The van der Waals surface area contributed by atoms with Gasteiger partial charge >= 0.3 is 6.18 Å². The van der Waals surface area contributed by atoms with Crippen molar-refractivity contribution in [3.63, 3.8) is 0 Å². The SMILES string of the molecule is CC(C)NC(C)(O)COc1ccc2c(=O)c(-c3ccccc3)c(C(F)(F)F)oc2c1. The van der Waals surface area contributed by atoms with Crippen LogP contribution in [0.15, 0.2) is 57.7 Å². The summed E-state index contributed by atoms with van der Waals surface area (Å²) in [5, 5.41) is 13.2. The Morgan fingerprint density at radius 3 is 2.40 bits per heavy atom. The first kappa shape index (κ1) is 21.9. The molecule has 1 heterocycles. The molecule has 0 bridgehead atoms. The van der Waals surface area contributed by atoms with E-state index in [4.69, 9.17) is 9.15 Å². The monoisotopic (exact) mass is 421 g/mol. The normalized spacial score (nSPS) is 14.1. The van der Waals surface area contributed by atoms with Gasteiger partial charge in [0.25, 0.3) is 0 Å². The summed E-state index contributed by atoms with van der Waals surface area (Å²) in [6, 6.07) is 11.6. The van der Waals surface area contributed by atoms with Crippen LogP contribution in [0.3, 0.4) is 0 Å². The van der Waals surface area contributed by atoms with Crippen LogP contribution in [0.5, 0.6) is 5.75 Å². The maximum Gasteiger partial charge on any atom is 0.450 e. The van der Waals surface area contributed by atoms with E-state index in [1.807, 2.05) is 13.8 Å². The molecule has 0 aliphatic carbocycles. The molecular weight excluding hydrogens is 399 g/mol. The van der Waals surface area contributed by atoms with Crippen LogP contribution in [0.25, 0.3) is 22.1 Å². The van der Waals surface area contributed by atoms with Gasteiger partial charge in [-0.15, -0.1) is 0 Å². The van der Waals surface area contributed by atoms with E-state index in [1.54, 1.807) is 18.2 Å². The lowest BCUT2D eigenvalue weighted by Crippen LogP contribution is -2.50. The molecule has 3 aromatic rings. The van der Waals surface area contributed by atoms with Gasteiger partial charge < -0.3 is 14.3 Å². The summed E-state index contributed by atoms with van der Waals surface area (Å²) < 4.78 is 51.6. The Morgan fingerprint density at radius 2 is 1.80 bits per heavy atom. The smallest absolute Gasteiger partial charge is 0.450 e. The Hall–Kier alpha value is -2.84. The number of nitrogens with one attached hydrogen (secondary N) is 1. The van der Waals surface area contributed by atoms with Crippen LogP contribution in [0, 0.1) is 0 Å². The molecule has 3 rings (SSSR count). The fraction of sp³-hybridized carbons (Fsp3) is 0.318. The molecule has 2 N–H and O–H groups in total. The highest BCUT2D eigenvalue weighted by atomic mass is 19.4. The van der Waals surface area contributed by atoms with E-state index in [-0.39, 0.29) is 34.9 Å². The van der Waals surface area contributed by atoms with Gasteiger partial charge in [-0.05, 0) is 38.5 Å². The van der Waals surface area contributed by atoms with Crippen molar-refractivity contribution in [2.75, 3.05) is 6.61 Å². The summed E-state index contributed by atoms with van der Waals surface area (Å²) in [7, 11) is 0. The second-order valence-corrected chi connectivity index (χ2v) is 7.52. The standard InChI is InChI=1S/C22H22F3NO4/c1-13(2)26-21(3,28)12-29-15-9-10-16-17(11-15)30-20(22(23,24)25)18(19(16)27)14-7-5-4-6-8-14/h4-11,13,26,28H,12H2,1-3H3. The zero-order chi connectivity index (χ0) is 22.1. The Kier molecular flexibility index (Phi) is 5.92. The van der Waals surface area contributed by atoms with Gasteiger partial charge in [-0.2, -0.15) is 13.2 Å². The predicted octanol–water partition coefficient (Wildman–Crippen LogP) is 4.56. The topological polar surface area (TPSA) is 71.7 Å². The van der Waals surface area contributed by atoms with E-state index in [0.29, 0.717) is 0 Å². The zero-order valence-electron chi connectivity index (χ0n) is 16.7. The van der Waals surface area contributed by atoms with Crippen LogP contribution in [-0.4, -0.2) is 23.5 Å². The lowest BCUT2D eigenvalue weighted by Gasteiger charge is -2.27. The van der Waals surface area contributed by atoms with Crippen LogP contribution in [0.1, 0.15) is 26.5 Å². The number of rotatable bonds is 6. The molecule has 0 aliphatic heterocycles. The molecule has 0 amide bonds. The highest BCUT2D eigenvalue weighted by molar-refractivity contribution is 5.84. The van der Waals surface area contributed by atoms with E-state index in [9.17, 15) is 23.1 Å². The second-order valence-electron chi connectivity index (χ2n) is 7.52. The van der Waals surface area contributed by atoms with E-state index in [0.717, 1.165) is 0 Å². The van der Waals surface area contributed by atoms with Crippen molar-refractivity contribution in [3.8, 4) is 16.9 Å². The first-order chi connectivity index (χ1) is 14.0. The first-order valence-electron chi connectivity index (χ1n) is 9.34. The van der Waals surface area contributed by atoms with Crippen LogP contribution in [0.4, 0.5) is 13.2 Å². The third-order valence-corrected chi connectivity index (χ3v) is 4.30. The minimum Gasteiger partial charge on any atom is -0.489 e.